The minimum atomic E-state index is -3.32. The molecule has 18 heavy (non-hydrogen) atoms. The standard InChI is InChI=1S/C12H20N2O3S/c1-10(9-13)18(15,16)14-8-7-11-5-3-4-6-12(11)17-2/h3-6,10,14H,7-9,13H2,1-2H3. The van der Waals surface area contributed by atoms with Crippen molar-refractivity contribution in [1.29, 1.82) is 0 Å². The fraction of sp³-hybridized carbons (Fsp3) is 0.500. The summed E-state index contributed by atoms with van der Waals surface area (Å²) in [6.45, 7) is 2.04. The van der Waals surface area contributed by atoms with Gasteiger partial charge in [-0.1, -0.05) is 18.2 Å². The van der Waals surface area contributed by atoms with E-state index in [1.54, 1.807) is 14.0 Å². The largest absolute Gasteiger partial charge is 0.496 e. The first kappa shape index (κ1) is 14.9. The van der Waals surface area contributed by atoms with Crippen LogP contribution in [0.15, 0.2) is 24.3 Å². The zero-order valence-electron chi connectivity index (χ0n) is 10.7. The lowest BCUT2D eigenvalue weighted by molar-refractivity contribution is 0.409. The fourth-order valence-electron chi connectivity index (χ4n) is 1.51. The Labute approximate surface area is 108 Å². The Morgan fingerprint density at radius 1 is 1.39 bits per heavy atom. The van der Waals surface area contributed by atoms with Crippen LogP contribution in [-0.4, -0.2) is 33.9 Å². The van der Waals surface area contributed by atoms with Crippen molar-refractivity contribution in [1.82, 2.24) is 4.72 Å². The van der Waals surface area contributed by atoms with Crippen LogP contribution in [0.5, 0.6) is 5.75 Å². The van der Waals surface area contributed by atoms with Crippen LogP contribution in [-0.2, 0) is 16.4 Å². The summed E-state index contributed by atoms with van der Waals surface area (Å²) in [5.74, 6) is 0.767. The van der Waals surface area contributed by atoms with Crippen molar-refractivity contribution in [2.45, 2.75) is 18.6 Å². The minimum absolute atomic E-state index is 0.115. The van der Waals surface area contributed by atoms with E-state index in [0.29, 0.717) is 13.0 Å². The van der Waals surface area contributed by atoms with Crippen molar-refractivity contribution in [2.75, 3.05) is 20.2 Å². The van der Waals surface area contributed by atoms with Crippen molar-refractivity contribution in [2.24, 2.45) is 5.73 Å². The van der Waals surface area contributed by atoms with E-state index in [1.165, 1.54) is 0 Å². The Morgan fingerprint density at radius 2 is 2.06 bits per heavy atom. The molecule has 5 nitrogen and oxygen atoms in total. The Bertz CT molecular complexity index is 474. The Hall–Kier alpha value is -1.11. The summed E-state index contributed by atoms with van der Waals surface area (Å²) in [7, 11) is -1.72. The molecule has 0 aliphatic rings. The van der Waals surface area contributed by atoms with Gasteiger partial charge in [0.05, 0.1) is 12.4 Å². The van der Waals surface area contributed by atoms with E-state index in [2.05, 4.69) is 4.72 Å². The van der Waals surface area contributed by atoms with Gasteiger partial charge in [-0.05, 0) is 25.0 Å². The molecule has 1 aromatic carbocycles. The fourth-order valence-corrected chi connectivity index (χ4v) is 2.43. The molecule has 6 heteroatoms. The normalized spacial score (nSPS) is 13.3. The van der Waals surface area contributed by atoms with E-state index in [4.69, 9.17) is 10.5 Å². The lowest BCUT2D eigenvalue weighted by atomic mass is 10.1. The molecule has 1 aromatic rings. The third-order valence-corrected chi connectivity index (χ3v) is 4.61. The monoisotopic (exact) mass is 272 g/mol. The molecule has 1 rings (SSSR count). The molecule has 0 saturated carbocycles. The number of rotatable bonds is 7. The zero-order chi connectivity index (χ0) is 13.6. The van der Waals surface area contributed by atoms with E-state index in [9.17, 15) is 8.42 Å². The van der Waals surface area contributed by atoms with Crippen LogP contribution in [0.4, 0.5) is 0 Å². The quantitative estimate of drug-likeness (QED) is 0.757. The molecule has 0 saturated heterocycles. The van der Waals surface area contributed by atoms with Crippen LogP contribution in [0.25, 0.3) is 0 Å². The van der Waals surface area contributed by atoms with Gasteiger partial charge in [0.15, 0.2) is 0 Å². The summed E-state index contributed by atoms with van der Waals surface area (Å²) in [6, 6.07) is 7.55. The highest BCUT2D eigenvalue weighted by molar-refractivity contribution is 7.90. The van der Waals surface area contributed by atoms with Crippen molar-refractivity contribution >= 4 is 10.0 Å². The first-order valence-corrected chi connectivity index (χ1v) is 7.36. The third kappa shape index (κ3) is 3.97. The molecular formula is C12H20N2O3S. The summed E-state index contributed by atoms with van der Waals surface area (Å²) >= 11 is 0. The van der Waals surface area contributed by atoms with Gasteiger partial charge in [0.1, 0.15) is 5.75 Å². The van der Waals surface area contributed by atoms with Crippen LogP contribution in [0, 0.1) is 0 Å². The average molecular weight is 272 g/mol. The maximum absolute atomic E-state index is 11.7. The smallest absolute Gasteiger partial charge is 0.215 e. The topological polar surface area (TPSA) is 81.4 Å². The Kier molecular flexibility index (Phi) is 5.58. The first-order chi connectivity index (χ1) is 8.51. The van der Waals surface area contributed by atoms with Crippen LogP contribution >= 0.6 is 0 Å². The van der Waals surface area contributed by atoms with Crippen LogP contribution in [0.1, 0.15) is 12.5 Å². The molecule has 0 fully saturated rings. The second-order valence-electron chi connectivity index (χ2n) is 4.05. The number of ether oxygens (including phenoxy) is 1. The van der Waals surface area contributed by atoms with Gasteiger partial charge in [-0.25, -0.2) is 13.1 Å². The van der Waals surface area contributed by atoms with E-state index in [-0.39, 0.29) is 6.54 Å². The molecule has 0 amide bonds. The number of para-hydroxylation sites is 1. The predicted octanol–water partition coefficient (Wildman–Crippen LogP) is 0.504. The van der Waals surface area contributed by atoms with E-state index in [1.807, 2.05) is 24.3 Å². The van der Waals surface area contributed by atoms with Gasteiger partial charge in [-0.3, -0.25) is 0 Å². The van der Waals surface area contributed by atoms with E-state index in [0.717, 1.165) is 11.3 Å². The maximum Gasteiger partial charge on any atom is 0.215 e. The second kappa shape index (κ2) is 6.72. The number of sulfonamides is 1. The number of nitrogens with one attached hydrogen (secondary N) is 1. The van der Waals surface area contributed by atoms with Crippen LogP contribution in [0.2, 0.25) is 0 Å². The summed E-state index contributed by atoms with van der Waals surface area (Å²) in [5, 5.41) is -0.574. The summed E-state index contributed by atoms with van der Waals surface area (Å²) in [4.78, 5) is 0. The molecule has 0 bridgehead atoms. The van der Waals surface area contributed by atoms with Gasteiger partial charge in [0.25, 0.3) is 0 Å². The molecule has 102 valence electrons. The van der Waals surface area contributed by atoms with Crippen LogP contribution in [0.3, 0.4) is 0 Å². The van der Waals surface area contributed by atoms with Gasteiger partial charge in [-0.15, -0.1) is 0 Å². The predicted molar refractivity (Wildman–Crippen MR) is 72.1 cm³/mol. The number of hydrogen-bond donors (Lipinski definition) is 2. The maximum atomic E-state index is 11.7. The molecule has 3 N–H and O–H groups in total. The lowest BCUT2D eigenvalue weighted by Gasteiger charge is -2.12. The number of benzene rings is 1. The summed E-state index contributed by atoms with van der Waals surface area (Å²) in [5.41, 5.74) is 6.32. The number of nitrogens with two attached hydrogens (primary N) is 1. The van der Waals surface area contributed by atoms with Crippen LogP contribution < -0.4 is 15.2 Å². The number of hydrogen-bond acceptors (Lipinski definition) is 4. The molecule has 0 aliphatic heterocycles. The highest BCUT2D eigenvalue weighted by Gasteiger charge is 2.18. The van der Waals surface area contributed by atoms with Gasteiger partial charge in [-0.2, -0.15) is 0 Å². The molecule has 0 aromatic heterocycles. The molecular weight excluding hydrogens is 252 g/mol. The first-order valence-electron chi connectivity index (χ1n) is 5.81. The summed E-state index contributed by atoms with van der Waals surface area (Å²) < 4.78 is 31.1. The van der Waals surface area contributed by atoms with Crippen molar-refractivity contribution in [3.63, 3.8) is 0 Å². The van der Waals surface area contributed by atoms with Crippen molar-refractivity contribution in [3.8, 4) is 5.75 Å². The molecule has 1 unspecified atom stereocenters. The molecule has 0 spiro atoms. The Morgan fingerprint density at radius 3 is 2.67 bits per heavy atom. The summed E-state index contributed by atoms with van der Waals surface area (Å²) in [6.07, 6.45) is 0.584. The third-order valence-electron chi connectivity index (χ3n) is 2.75. The molecule has 1 atom stereocenters. The van der Waals surface area contributed by atoms with Gasteiger partial charge in [0, 0.05) is 13.1 Å². The molecule has 0 aliphatic carbocycles. The average Bonchev–Trinajstić information content (AvgIpc) is 2.38. The van der Waals surface area contributed by atoms with Gasteiger partial charge < -0.3 is 10.5 Å². The van der Waals surface area contributed by atoms with E-state index < -0.39 is 15.3 Å². The van der Waals surface area contributed by atoms with Crippen molar-refractivity contribution in [3.05, 3.63) is 29.8 Å². The zero-order valence-corrected chi connectivity index (χ0v) is 11.5. The minimum Gasteiger partial charge on any atom is -0.496 e. The Balaban J connectivity index is 2.57. The van der Waals surface area contributed by atoms with E-state index >= 15 is 0 Å². The SMILES string of the molecule is COc1ccccc1CCNS(=O)(=O)C(C)CN. The van der Waals surface area contributed by atoms with Gasteiger partial charge >= 0.3 is 0 Å². The van der Waals surface area contributed by atoms with Gasteiger partial charge in [0.2, 0.25) is 10.0 Å². The highest BCUT2D eigenvalue weighted by Crippen LogP contribution is 2.17. The second-order valence-corrected chi connectivity index (χ2v) is 6.23. The highest BCUT2D eigenvalue weighted by atomic mass is 32.2. The number of methoxy groups -OCH3 is 1. The van der Waals surface area contributed by atoms with Crippen molar-refractivity contribution < 1.29 is 13.2 Å². The molecule has 0 radical (unpaired) electrons. The molecule has 0 heterocycles. The lowest BCUT2D eigenvalue weighted by Crippen LogP contribution is -2.37.